The molecule has 0 N–H and O–H groups in total. The summed E-state index contributed by atoms with van der Waals surface area (Å²) in [5, 5.41) is 2.13. The van der Waals surface area contributed by atoms with Crippen LogP contribution in [0.5, 0.6) is 0 Å². The lowest BCUT2D eigenvalue weighted by atomic mass is 10.1. The molecule has 0 atom stereocenters. The minimum Gasteiger partial charge on any atom is -0.307 e. The molecule has 0 aliphatic rings. The quantitative estimate of drug-likeness (QED) is 0.208. The molecule has 41 heavy (non-hydrogen) atoms. The Kier molecular flexibility index (Phi) is 6.51. The highest BCUT2D eigenvalue weighted by molar-refractivity contribution is 7.16. The van der Waals surface area contributed by atoms with Crippen LogP contribution in [0.1, 0.15) is 11.8 Å². The highest BCUT2D eigenvalue weighted by Gasteiger charge is 2.21. The molecule has 5 heterocycles. The van der Waals surface area contributed by atoms with Gasteiger partial charge in [-0.05, 0) is 61.5 Å². The van der Waals surface area contributed by atoms with Gasteiger partial charge in [0.25, 0.3) is 0 Å². The summed E-state index contributed by atoms with van der Waals surface area (Å²) in [4.78, 5) is 20.5. The molecule has 0 saturated carbocycles. The molecule has 0 saturated heterocycles. The molecular weight excluding hydrogens is 522 g/mol. The summed E-state index contributed by atoms with van der Waals surface area (Å²) in [7, 11) is 0. The van der Waals surface area contributed by atoms with E-state index in [1.807, 2.05) is 49.4 Å². The van der Waals surface area contributed by atoms with Crippen molar-refractivity contribution < 1.29 is 0 Å². The van der Waals surface area contributed by atoms with Gasteiger partial charge in [0, 0.05) is 23.3 Å². The molecule has 2 aromatic carbocycles. The lowest BCUT2D eigenvalue weighted by Gasteiger charge is -2.14. The maximum atomic E-state index is 5.22. The second-order valence-corrected chi connectivity index (χ2v) is 10.6. The van der Waals surface area contributed by atoms with E-state index in [9.17, 15) is 0 Å². The minimum atomic E-state index is 0.782. The molecule has 7 aromatic rings. The molecule has 0 bridgehead atoms. The number of rotatable bonds is 6. The van der Waals surface area contributed by atoms with Gasteiger partial charge in [0.15, 0.2) is 0 Å². The highest BCUT2D eigenvalue weighted by atomic mass is 32.1. The van der Waals surface area contributed by atoms with Gasteiger partial charge in [0.2, 0.25) is 0 Å². The van der Waals surface area contributed by atoms with Gasteiger partial charge in [-0.3, -0.25) is 9.97 Å². The molecule has 0 fully saturated rings. The molecule has 196 valence electrons. The Morgan fingerprint density at radius 3 is 1.98 bits per heavy atom. The zero-order chi connectivity index (χ0) is 27.6. The lowest BCUT2D eigenvalue weighted by molar-refractivity contribution is 1.10. The number of pyridine rings is 3. The van der Waals surface area contributed by atoms with Gasteiger partial charge in [-0.15, -0.1) is 11.3 Å². The standard InChI is InChI=1S/C35H25N5S/c1-2-12-33-34(39-35(41-33)24-13-4-3-5-14-24)32-21-25-15-6-7-18-31(25)40(32)26-22-29(27-16-8-10-19-36-27)38-30(23-26)28-17-9-11-20-37-28/h2-23H,1H3/b12-2-. The van der Waals surface area contributed by atoms with Gasteiger partial charge >= 0.3 is 0 Å². The van der Waals surface area contributed by atoms with Crippen molar-refractivity contribution in [2.75, 3.05) is 0 Å². The van der Waals surface area contributed by atoms with Gasteiger partial charge in [-0.25, -0.2) is 9.97 Å². The normalized spacial score (nSPS) is 11.4. The van der Waals surface area contributed by atoms with Gasteiger partial charge < -0.3 is 4.57 Å². The molecule has 0 aliphatic heterocycles. The average molecular weight is 548 g/mol. The Morgan fingerprint density at radius 2 is 1.32 bits per heavy atom. The molecule has 0 aliphatic carbocycles. The van der Waals surface area contributed by atoms with E-state index in [2.05, 4.69) is 93.4 Å². The van der Waals surface area contributed by atoms with E-state index in [0.717, 1.165) is 66.2 Å². The first-order chi connectivity index (χ1) is 20.3. The van der Waals surface area contributed by atoms with E-state index in [-0.39, 0.29) is 0 Å². The monoisotopic (exact) mass is 547 g/mol. The van der Waals surface area contributed by atoms with Gasteiger partial charge in [-0.2, -0.15) is 0 Å². The predicted molar refractivity (Wildman–Crippen MR) is 169 cm³/mol. The summed E-state index contributed by atoms with van der Waals surface area (Å²) >= 11 is 1.70. The summed E-state index contributed by atoms with van der Waals surface area (Å²) in [6.07, 6.45) is 7.81. The number of fused-ring (bicyclic) bond motifs is 1. The van der Waals surface area contributed by atoms with Crippen molar-refractivity contribution in [3.63, 3.8) is 0 Å². The first-order valence-corrected chi connectivity index (χ1v) is 14.3. The zero-order valence-electron chi connectivity index (χ0n) is 22.3. The second kappa shape index (κ2) is 10.8. The molecular formula is C35H25N5S. The zero-order valence-corrected chi connectivity index (χ0v) is 23.2. The smallest absolute Gasteiger partial charge is 0.124 e. The summed E-state index contributed by atoms with van der Waals surface area (Å²) < 4.78 is 2.28. The van der Waals surface area contributed by atoms with E-state index >= 15 is 0 Å². The number of allylic oxidation sites excluding steroid dienone is 1. The van der Waals surface area contributed by atoms with E-state index < -0.39 is 0 Å². The van der Waals surface area contributed by atoms with Crippen molar-refractivity contribution in [3.05, 3.63) is 133 Å². The SMILES string of the molecule is C/C=C\c1sc(-c2ccccc2)nc1-c1cc2ccccc2n1-c1cc(-c2ccccn2)nc(-c2ccccn2)c1. The second-order valence-electron chi connectivity index (χ2n) is 9.55. The summed E-state index contributed by atoms with van der Waals surface area (Å²) in [6, 6.07) is 37.0. The van der Waals surface area contributed by atoms with Gasteiger partial charge in [0.1, 0.15) is 10.7 Å². The molecule has 5 nitrogen and oxygen atoms in total. The van der Waals surface area contributed by atoms with Crippen molar-refractivity contribution in [1.29, 1.82) is 0 Å². The minimum absolute atomic E-state index is 0.782. The topological polar surface area (TPSA) is 56.5 Å². The number of benzene rings is 2. The van der Waals surface area contributed by atoms with Crippen LogP contribution in [-0.2, 0) is 0 Å². The Hall–Kier alpha value is -5.20. The lowest BCUT2D eigenvalue weighted by Crippen LogP contribution is -2.01. The summed E-state index contributed by atoms with van der Waals surface area (Å²) in [5.74, 6) is 0. The Balaban J connectivity index is 1.51. The summed E-state index contributed by atoms with van der Waals surface area (Å²) in [5.41, 5.74) is 8.30. The number of hydrogen-bond acceptors (Lipinski definition) is 5. The molecule has 6 heteroatoms. The van der Waals surface area contributed by atoms with Gasteiger partial charge in [0.05, 0.1) is 44.6 Å². The Morgan fingerprint density at radius 1 is 0.659 bits per heavy atom. The van der Waals surface area contributed by atoms with Crippen molar-refractivity contribution in [2.45, 2.75) is 6.92 Å². The van der Waals surface area contributed by atoms with E-state index in [1.165, 1.54) is 0 Å². The third-order valence-corrected chi connectivity index (χ3v) is 7.94. The Bertz CT molecular complexity index is 1930. The van der Waals surface area contributed by atoms with E-state index in [4.69, 9.17) is 9.97 Å². The van der Waals surface area contributed by atoms with Crippen LogP contribution in [0.2, 0.25) is 0 Å². The van der Waals surface area contributed by atoms with Crippen LogP contribution in [0.15, 0.2) is 128 Å². The maximum Gasteiger partial charge on any atom is 0.124 e. The number of hydrogen-bond donors (Lipinski definition) is 0. The summed E-state index contributed by atoms with van der Waals surface area (Å²) in [6.45, 7) is 2.04. The van der Waals surface area contributed by atoms with E-state index in [1.54, 1.807) is 23.7 Å². The molecule has 0 radical (unpaired) electrons. The predicted octanol–water partition coefficient (Wildman–Crippen LogP) is 8.97. The molecule has 7 rings (SSSR count). The fraction of sp³-hybridized carbons (Fsp3) is 0.0286. The van der Waals surface area contributed by atoms with Crippen LogP contribution >= 0.6 is 11.3 Å². The number of thiazole rings is 1. The molecule has 0 amide bonds. The first kappa shape index (κ1) is 24.8. The van der Waals surface area contributed by atoms with E-state index in [0.29, 0.717) is 0 Å². The third kappa shape index (κ3) is 4.75. The molecule has 5 aromatic heterocycles. The largest absolute Gasteiger partial charge is 0.307 e. The van der Waals surface area contributed by atoms with Crippen LogP contribution in [0.4, 0.5) is 0 Å². The van der Waals surface area contributed by atoms with Crippen LogP contribution in [-0.4, -0.2) is 24.5 Å². The van der Waals surface area contributed by atoms with Crippen molar-refractivity contribution in [3.8, 4) is 50.4 Å². The fourth-order valence-corrected chi connectivity index (χ4v) is 6.08. The highest BCUT2D eigenvalue weighted by Crippen LogP contribution is 2.39. The van der Waals surface area contributed by atoms with Crippen LogP contribution in [0.25, 0.3) is 67.4 Å². The van der Waals surface area contributed by atoms with Crippen LogP contribution < -0.4 is 0 Å². The molecule has 0 unspecified atom stereocenters. The third-order valence-electron chi connectivity index (χ3n) is 6.87. The first-order valence-electron chi connectivity index (χ1n) is 13.4. The average Bonchev–Trinajstić information content (AvgIpc) is 3.64. The number of aromatic nitrogens is 5. The van der Waals surface area contributed by atoms with Gasteiger partial charge in [-0.1, -0.05) is 66.7 Å². The maximum absolute atomic E-state index is 5.22. The van der Waals surface area contributed by atoms with Crippen LogP contribution in [0, 0.1) is 0 Å². The number of para-hydroxylation sites is 1. The van der Waals surface area contributed by atoms with Crippen molar-refractivity contribution >= 4 is 28.3 Å². The number of nitrogens with zero attached hydrogens (tertiary/aromatic N) is 5. The van der Waals surface area contributed by atoms with Crippen LogP contribution in [0.3, 0.4) is 0 Å². The van der Waals surface area contributed by atoms with Crippen molar-refractivity contribution in [2.24, 2.45) is 0 Å². The fourth-order valence-electron chi connectivity index (χ4n) is 5.03. The molecule has 0 spiro atoms. The Labute approximate surface area is 242 Å². The van der Waals surface area contributed by atoms with Crippen molar-refractivity contribution in [1.82, 2.24) is 24.5 Å².